The van der Waals surface area contributed by atoms with E-state index in [1.807, 2.05) is 24.4 Å². The smallest absolute Gasteiger partial charge is 0.0774 e. The van der Waals surface area contributed by atoms with Gasteiger partial charge in [-0.2, -0.15) is 0 Å². The third kappa shape index (κ3) is 3.63. The zero-order valence-electron chi connectivity index (χ0n) is 11.5. The largest absolute Gasteiger partial charge is 0.383 e. The Labute approximate surface area is 114 Å². The van der Waals surface area contributed by atoms with E-state index in [1.54, 1.807) is 7.11 Å². The molecule has 0 N–H and O–H groups in total. The fraction of sp³-hybridized carbons (Fsp3) is 0.312. The number of hydrogen-bond acceptors (Lipinski definition) is 3. The molecule has 1 aromatic heterocycles. The van der Waals surface area contributed by atoms with Crippen LogP contribution in [0.25, 0.3) is 0 Å². The molecule has 19 heavy (non-hydrogen) atoms. The molecule has 0 aliphatic heterocycles. The van der Waals surface area contributed by atoms with Crippen molar-refractivity contribution < 1.29 is 4.74 Å². The van der Waals surface area contributed by atoms with Gasteiger partial charge in [0.05, 0.1) is 18.3 Å². The van der Waals surface area contributed by atoms with Gasteiger partial charge in [0.1, 0.15) is 0 Å². The fourth-order valence-corrected chi connectivity index (χ4v) is 2.19. The summed E-state index contributed by atoms with van der Waals surface area (Å²) < 4.78 is 5.17. The summed E-state index contributed by atoms with van der Waals surface area (Å²) in [4.78, 5) is 6.77. The van der Waals surface area contributed by atoms with Crippen molar-refractivity contribution in [2.24, 2.45) is 0 Å². The molecule has 0 aliphatic rings. The Balaban J connectivity index is 2.29. The van der Waals surface area contributed by atoms with E-state index in [2.05, 4.69) is 47.3 Å². The first kappa shape index (κ1) is 13.7. The normalized spacial score (nSPS) is 12.6. The highest BCUT2D eigenvalue weighted by molar-refractivity contribution is 5.27. The van der Waals surface area contributed by atoms with Crippen molar-refractivity contribution in [2.75, 3.05) is 27.3 Å². The third-order valence-electron chi connectivity index (χ3n) is 3.17. The van der Waals surface area contributed by atoms with E-state index < -0.39 is 0 Å². The van der Waals surface area contributed by atoms with Gasteiger partial charge in [0.25, 0.3) is 0 Å². The summed E-state index contributed by atoms with van der Waals surface area (Å²) >= 11 is 0. The van der Waals surface area contributed by atoms with Crippen molar-refractivity contribution in [3.63, 3.8) is 0 Å². The Kier molecular flexibility index (Phi) is 5.07. The second-order valence-electron chi connectivity index (χ2n) is 4.54. The highest BCUT2D eigenvalue weighted by atomic mass is 16.5. The van der Waals surface area contributed by atoms with Crippen LogP contribution in [0, 0.1) is 0 Å². The molecule has 0 bridgehead atoms. The molecule has 100 valence electrons. The van der Waals surface area contributed by atoms with Crippen molar-refractivity contribution in [1.82, 2.24) is 9.88 Å². The minimum absolute atomic E-state index is 0.164. The highest BCUT2D eigenvalue weighted by Gasteiger charge is 2.19. The number of ether oxygens (including phenoxy) is 1. The van der Waals surface area contributed by atoms with Crippen LogP contribution in [-0.2, 0) is 4.74 Å². The van der Waals surface area contributed by atoms with E-state index in [0.717, 1.165) is 12.2 Å². The van der Waals surface area contributed by atoms with Crippen LogP contribution in [0.1, 0.15) is 17.3 Å². The molecular formula is C16H20N2O. The van der Waals surface area contributed by atoms with Crippen LogP contribution in [0.3, 0.4) is 0 Å². The molecule has 0 radical (unpaired) electrons. The molecule has 0 fully saturated rings. The van der Waals surface area contributed by atoms with Crippen molar-refractivity contribution in [1.29, 1.82) is 0 Å². The molecule has 0 saturated carbocycles. The zero-order chi connectivity index (χ0) is 13.5. The Morgan fingerprint density at radius 3 is 2.47 bits per heavy atom. The van der Waals surface area contributed by atoms with Crippen molar-refractivity contribution in [2.45, 2.75) is 6.04 Å². The maximum absolute atomic E-state index is 5.17. The first-order valence-corrected chi connectivity index (χ1v) is 6.48. The molecule has 3 heteroatoms. The lowest BCUT2D eigenvalue weighted by atomic mass is 10.0. The van der Waals surface area contributed by atoms with E-state index in [0.29, 0.717) is 6.61 Å². The Morgan fingerprint density at radius 1 is 1.11 bits per heavy atom. The molecule has 0 spiro atoms. The predicted molar refractivity (Wildman–Crippen MR) is 77.0 cm³/mol. The lowest BCUT2D eigenvalue weighted by Crippen LogP contribution is -2.29. The molecular weight excluding hydrogens is 236 g/mol. The Hall–Kier alpha value is -1.71. The fourth-order valence-electron chi connectivity index (χ4n) is 2.19. The minimum Gasteiger partial charge on any atom is -0.383 e. The molecule has 2 aromatic rings. The Morgan fingerprint density at radius 2 is 1.84 bits per heavy atom. The second-order valence-corrected chi connectivity index (χ2v) is 4.54. The molecule has 0 unspecified atom stereocenters. The van der Waals surface area contributed by atoms with Crippen LogP contribution in [0.2, 0.25) is 0 Å². The monoisotopic (exact) mass is 256 g/mol. The first-order valence-electron chi connectivity index (χ1n) is 6.48. The summed E-state index contributed by atoms with van der Waals surface area (Å²) in [7, 11) is 3.83. The molecule has 0 saturated heterocycles. The summed E-state index contributed by atoms with van der Waals surface area (Å²) in [5, 5.41) is 0. The number of rotatable bonds is 6. The summed E-state index contributed by atoms with van der Waals surface area (Å²) in [5.74, 6) is 0. The van der Waals surface area contributed by atoms with Crippen molar-refractivity contribution in [3.05, 3.63) is 66.0 Å². The third-order valence-corrected chi connectivity index (χ3v) is 3.17. The van der Waals surface area contributed by atoms with Gasteiger partial charge in [0.15, 0.2) is 0 Å². The van der Waals surface area contributed by atoms with Crippen LogP contribution in [0.4, 0.5) is 0 Å². The number of nitrogens with zero attached hydrogens (tertiary/aromatic N) is 2. The van der Waals surface area contributed by atoms with Gasteiger partial charge in [-0.25, -0.2) is 0 Å². The number of aromatic nitrogens is 1. The standard InChI is InChI=1S/C16H20N2O/c1-18(12-13-19-2)16(14-8-4-3-5-9-14)15-10-6-7-11-17-15/h3-11,16H,12-13H2,1-2H3/t16-/m1/s1. The number of methoxy groups -OCH3 is 1. The average Bonchev–Trinajstić information content (AvgIpc) is 2.47. The zero-order valence-corrected chi connectivity index (χ0v) is 11.5. The van der Waals surface area contributed by atoms with Gasteiger partial charge < -0.3 is 4.74 Å². The maximum atomic E-state index is 5.17. The summed E-state index contributed by atoms with van der Waals surface area (Å²) in [6.07, 6.45) is 1.84. The SMILES string of the molecule is COCCN(C)[C@H](c1ccccc1)c1ccccn1. The molecule has 1 aromatic carbocycles. The van der Waals surface area contributed by atoms with Gasteiger partial charge in [0, 0.05) is 19.9 Å². The van der Waals surface area contributed by atoms with Gasteiger partial charge in [0.2, 0.25) is 0 Å². The first-order chi connectivity index (χ1) is 9.33. The second kappa shape index (κ2) is 7.02. The highest BCUT2D eigenvalue weighted by Crippen LogP contribution is 2.25. The maximum Gasteiger partial charge on any atom is 0.0774 e. The van der Waals surface area contributed by atoms with Gasteiger partial charge in [-0.05, 0) is 24.7 Å². The van der Waals surface area contributed by atoms with E-state index >= 15 is 0 Å². The van der Waals surface area contributed by atoms with E-state index in [9.17, 15) is 0 Å². The average molecular weight is 256 g/mol. The lowest BCUT2D eigenvalue weighted by molar-refractivity contribution is 0.147. The molecule has 2 rings (SSSR count). The van der Waals surface area contributed by atoms with Gasteiger partial charge in [-0.1, -0.05) is 36.4 Å². The van der Waals surface area contributed by atoms with Crippen molar-refractivity contribution in [3.8, 4) is 0 Å². The molecule has 3 nitrogen and oxygen atoms in total. The van der Waals surface area contributed by atoms with Crippen LogP contribution in [0.15, 0.2) is 54.7 Å². The lowest BCUT2D eigenvalue weighted by Gasteiger charge is -2.27. The van der Waals surface area contributed by atoms with E-state index in [1.165, 1.54) is 5.56 Å². The predicted octanol–water partition coefficient (Wildman–Crippen LogP) is 2.75. The number of pyridine rings is 1. The number of benzene rings is 1. The molecule has 0 amide bonds. The van der Waals surface area contributed by atoms with Gasteiger partial charge >= 0.3 is 0 Å². The molecule has 0 aliphatic carbocycles. The quantitative estimate of drug-likeness (QED) is 0.794. The van der Waals surface area contributed by atoms with E-state index in [-0.39, 0.29) is 6.04 Å². The topological polar surface area (TPSA) is 25.4 Å². The Bertz CT molecular complexity index is 433. The van der Waals surface area contributed by atoms with E-state index in [4.69, 9.17) is 4.74 Å². The molecule has 1 atom stereocenters. The minimum atomic E-state index is 0.164. The van der Waals surface area contributed by atoms with Crippen LogP contribution in [-0.4, -0.2) is 37.2 Å². The van der Waals surface area contributed by atoms with Crippen LogP contribution < -0.4 is 0 Å². The number of likely N-dealkylation sites (N-methyl/N-ethyl adjacent to an activating group) is 1. The molecule has 1 heterocycles. The summed E-state index contributed by atoms with van der Waals surface area (Å²) in [5.41, 5.74) is 2.31. The van der Waals surface area contributed by atoms with Crippen molar-refractivity contribution >= 4 is 0 Å². The number of hydrogen-bond donors (Lipinski definition) is 0. The summed E-state index contributed by atoms with van der Waals surface area (Å²) in [6, 6.07) is 16.7. The van der Waals surface area contributed by atoms with Crippen LogP contribution in [0.5, 0.6) is 0 Å². The van der Waals surface area contributed by atoms with Crippen LogP contribution >= 0.6 is 0 Å². The van der Waals surface area contributed by atoms with Gasteiger partial charge in [-0.15, -0.1) is 0 Å². The summed E-state index contributed by atoms with van der Waals surface area (Å²) in [6.45, 7) is 1.58. The van der Waals surface area contributed by atoms with Gasteiger partial charge in [-0.3, -0.25) is 9.88 Å².